The molecule has 0 amide bonds. The highest BCUT2D eigenvalue weighted by Crippen LogP contribution is 2.30. The number of hydrogen-bond donors (Lipinski definition) is 1. The van der Waals surface area contributed by atoms with E-state index in [1.54, 1.807) is 0 Å². The van der Waals surface area contributed by atoms with Gasteiger partial charge >= 0.3 is 0 Å². The summed E-state index contributed by atoms with van der Waals surface area (Å²) in [4.78, 5) is 0. The van der Waals surface area contributed by atoms with E-state index in [0.717, 1.165) is 5.69 Å². The minimum absolute atomic E-state index is 0.806. The van der Waals surface area contributed by atoms with Crippen molar-refractivity contribution in [3.63, 3.8) is 0 Å². The van der Waals surface area contributed by atoms with E-state index in [2.05, 4.69) is 49.4 Å². The number of hydrogen-bond acceptors (Lipinski definition) is 1. The molecule has 0 saturated carbocycles. The fourth-order valence-corrected chi connectivity index (χ4v) is 2.45. The van der Waals surface area contributed by atoms with Crippen LogP contribution in [0.2, 0.25) is 0 Å². The fourth-order valence-electron chi connectivity index (χ4n) is 2.45. The van der Waals surface area contributed by atoms with E-state index in [1.165, 1.54) is 27.5 Å². The molecule has 0 aromatic heterocycles. The Labute approximate surface area is 107 Å². The number of rotatable bonds is 1. The second kappa shape index (κ2) is 4.19. The summed E-state index contributed by atoms with van der Waals surface area (Å²) in [5.74, 6) is 0. The van der Waals surface area contributed by atoms with Crippen LogP contribution in [0.1, 0.15) is 5.56 Å². The monoisotopic (exact) mass is 233 g/mol. The second-order valence-electron chi connectivity index (χ2n) is 4.58. The first-order valence-electron chi connectivity index (χ1n) is 6.10. The van der Waals surface area contributed by atoms with Crippen molar-refractivity contribution < 1.29 is 0 Å². The normalized spacial score (nSPS) is 10.7. The summed E-state index contributed by atoms with van der Waals surface area (Å²) in [6, 6.07) is 20.9. The minimum Gasteiger partial charge on any atom is -0.399 e. The van der Waals surface area contributed by atoms with Gasteiger partial charge in [0.1, 0.15) is 0 Å². The van der Waals surface area contributed by atoms with Gasteiger partial charge in [-0.3, -0.25) is 0 Å². The SMILES string of the molecule is Cc1c(-c2cccc(N)c2)ccc2ccccc12. The first kappa shape index (κ1) is 10.8. The van der Waals surface area contributed by atoms with Gasteiger partial charge in [-0.2, -0.15) is 0 Å². The summed E-state index contributed by atoms with van der Waals surface area (Å²) in [5, 5.41) is 2.58. The standard InChI is InChI=1S/C17H15N/c1-12-16-8-3-2-5-13(16)9-10-17(12)14-6-4-7-15(18)11-14/h2-11H,18H2,1H3. The molecule has 2 N–H and O–H groups in total. The molecular formula is C17H15N. The van der Waals surface area contributed by atoms with E-state index in [9.17, 15) is 0 Å². The van der Waals surface area contributed by atoms with Gasteiger partial charge in [0.2, 0.25) is 0 Å². The fraction of sp³-hybridized carbons (Fsp3) is 0.0588. The van der Waals surface area contributed by atoms with Gasteiger partial charge in [0.15, 0.2) is 0 Å². The molecule has 0 spiro atoms. The molecule has 1 heteroatoms. The van der Waals surface area contributed by atoms with Crippen LogP contribution in [0, 0.1) is 6.92 Å². The Hall–Kier alpha value is -2.28. The van der Waals surface area contributed by atoms with Crippen molar-refractivity contribution in [2.24, 2.45) is 0 Å². The molecular weight excluding hydrogens is 218 g/mol. The molecule has 0 unspecified atom stereocenters. The lowest BCUT2D eigenvalue weighted by atomic mass is 9.95. The Morgan fingerprint density at radius 2 is 1.67 bits per heavy atom. The van der Waals surface area contributed by atoms with Crippen molar-refractivity contribution in [2.75, 3.05) is 5.73 Å². The van der Waals surface area contributed by atoms with E-state index < -0.39 is 0 Å². The topological polar surface area (TPSA) is 26.0 Å². The predicted molar refractivity (Wildman–Crippen MR) is 78.5 cm³/mol. The van der Waals surface area contributed by atoms with Crippen LogP contribution in [0.5, 0.6) is 0 Å². The van der Waals surface area contributed by atoms with Crippen LogP contribution < -0.4 is 5.73 Å². The number of fused-ring (bicyclic) bond motifs is 1. The summed E-state index contributed by atoms with van der Waals surface area (Å²) >= 11 is 0. The van der Waals surface area contributed by atoms with Crippen LogP contribution in [0.25, 0.3) is 21.9 Å². The highest BCUT2D eigenvalue weighted by Gasteiger charge is 2.05. The molecule has 3 aromatic carbocycles. The second-order valence-corrected chi connectivity index (χ2v) is 4.58. The van der Waals surface area contributed by atoms with Crippen LogP contribution in [-0.4, -0.2) is 0 Å². The Bertz CT molecular complexity index is 714. The maximum Gasteiger partial charge on any atom is 0.0320 e. The van der Waals surface area contributed by atoms with Crippen molar-refractivity contribution in [2.45, 2.75) is 6.92 Å². The number of anilines is 1. The third kappa shape index (κ3) is 1.74. The van der Waals surface area contributed by atoms with Crippen molar-refractivity contribution in [3.05, 3.63) is 66.2 Å². The lowest BCUT2D eigenvalue weighted by Gasteiger charge is -2.10. The average Bonchev–Trinajstić information content (AvgIpc) is 2.39. The molecule has 88 valence electrons. The third-order valence-electron chi connectivity index (χ3n) is 3.40. The zero-order valence-electron chi connectivity index (χ0n) is 10.4. The van der Waals surface area contributed by atoms with Gasteiger partial charge in [0.05, 0.1) is 0 Å². The maximum absolute atomic E-state index is 5.86. The third-order valence-corrected chi connectivity index (χ3v) is 3.40. The Kier molecular flexibility index (Phi) is 2.52. The summed E-state index contributed by atoms with van der Waals surface area (Å²) < 4.78 is 0. The van der Waals surface area contributed by atoms with E-state index in [4.69, 9.17) is 5.73 Å². The molecule has 18 heavy (non-hydrogen) atoms. The smallest absolute Gasteiger partial charge is 0.0320 e. The molecule has 3 aromatic rings. The van der Waals surface area contributed by atoms with Crippen molar-refractivity contribution in [3.8, 4) is 11.1 Å². The zero-order chi connectivity index (χ0) is 12.5. The molecule has 0 aliphatic rings. The Morgan fingerprint density at radius 1 is 0.833 bits per heavy atom. The Morgan fingerprint density at radius 3 is 2.50 bits per heavy atom. The lowest BCUT2D eigenvalue weighted by Crippen LogP contribution is -1.88. The van der Waals surface area contributed by atoms with Crippen LogP contribution in [0.3, 0.4) is 0 Å². The summed E-state index contributed by atoms with van der Waals surface area (Å²) in [6.45, 7) is 2.17. The zero-order valence-corrected chi connectivity index (χ0v) is 10.4. The van der Waals surface area contributed by atoms with Gasteiger partial charge in [-0.1, -0.05) is 48.5 Å². The first-order chi connectivity index (χ1) is 8.75. The molecule has 0 fully saturated rings. The number of aryl methyl sites for hydroxylation is 1. The van der Waals surface area contributed by atoms with Gasteiger partial charge in [-0.05, 0) is 46.5 Å². The van der Waals surface area contributed by atoms with E-state index in [-0.39, 0.29) is 0 Å². The van der Waals surface area contributed by atoms with E-state index >= 15 is 0 Å². The summed E-state index contributed by atoms with van der Waals surface area (Å²) in [7, 11) is 0. The highest BCUT2D eigenvalue weighted by molar-refractivity contribution is 5.91. The summed E-state index contributed by atoms with van der Waals surface area (Å²) in [5.41, 5.74) is 10.4. The van der Waals surface area contributed by atoms with Crippen molar-refractivity contribution >= 4 is 16.5 Å². The van der Waals surface area contributed by atoms with Gasteiger partial charge in [-0.25, -0.2) is 0 Å². The van der Waals surface area contributed by atoms with E-state index in [1.807, 2.05) is 18.2 Å². The van der Waals surface area contributed by atoms with Crippen molar-refractivity contribution in [1.82, 2.24) is 0 Å². The molecule has 1 nitrogen and oxygen atoms in total. The van der Waals surface area contributed by atoms with Gasteiger partial charge in [-0.15, -0.1) is 0 Å². The molecule has 3 rings (SSSR count). The molecule has 0 radical (unpaired) electrons. The molecule has 0 aliphatic carbocycles. The molecule has 0 heterocycles. The maximum atomic E-state index is 5.86. The number of nitrogen functional groups attached to an aromatic ring is 1. The van der Waals surface area contributed by atoms with Gasteiger partial charge < -0.3 is 5.73 Å². The largest absolute Gasteiger partial charge is 0.399 e. The quantitative estimate of drug-likeness (QED) is 0.619. The molecule has 0 aliphatic heterocycles. The van der Waals surface area contributed by atoms with Crippen LogP contribution in [-0.2, 0) is 0 Å². The molecule has 0 bridgehead atoms. The minimum atomic E-state index is 0.806. The van der Waals surface area contributed by atoms with Crippen molar-refractivity contribution in [1.29, 1.82) is 0 Å². The van der Waals surface area contributed by atoms with Gasteiger partial charge in [0.25, 0.3) is 0 Å². The number of nitrogens with two attached hydrogens (primary N) is 1. The average molecular weight is 233 g/mol. The summed E-state index contributed by atoms with van der Waals surface area (Å²) in [6.07, 6.45) is 0. The predicted octanol–water partition coefficient (Wildman–Crippen LogP) is 4.40. The first-order valence-corrected chi connectivity index (χ1v) is 6.10. The van der Waals surface area contributed by atoms with Crippen LogP contribution in [0.4, 0.5) is 5.69 Å². The number of benzene rings is 3. The molecule has 0 saturated heterocycles. The lowest BCUT2D eigenvalue weighted by molar-refractivity contribution is 1.50. The van der Waals surface area contributed by atoms with Crippen LogP contribution in [0.15, 0.2) is 60.7 Å². The molecule has 0 atom stereocenters. The van der Waals surface area contributed by atoms with Gasteiger partial charge in [0, 0.05) is 5.69 Å². The Balaban J connectivity index is 2.27. The van der Waals surface area contributed by atoms with E-state index in [0.29, 0.717) is 0 Å². The highest BCUT2D eigenvalue weighted by atomic mass is 14.5. The van der Waals surface area contributed by atoms with Crippen LogP contribution >= 0.6 is 0 Å².